The van der Waals surface area contributed by atoms with Gasteiger partial charge in [-0.1, -0.05) is 30.3 Å². The summed E-state index contributed by atoms with van der Waals surface area (Å²) in [7, 11) is 0. The van der Waals surface area contributed by atoms with Crippen molar-refractivity contribution in [2.75, 3.05) is 19.8 Å². The van der Waals surface area contributed by atoms with Crippen LogP contribution in [0.15, 0.2) is 30.3 Å². The Morgan fingerprint density at radius 1 is 1.08 bits per heavy atom. The number of benzene rings is 1. The maximum atomic E-state index is 12.0. The summed E-state index contributed by atoms with van der Waals surface area (Å²) in [6.45, 7) is 7.02. The highest BCUT2D eigenvalue weighted by Gasteiger charge is 2.17. The fourth-order valence-corrected chi connectivity index (χ4v) is 2.06. The zero-order valence-electron chi connectivity index (χ0n) is 15.1. The largest absolute Gasteiger partial charge is 0.445 e. The molecule has 0 aromatic heterocycles. The van der Waals surface area contributed by atoms with Crippen LogP contribution in [0.4, 0.5) is 4.79 Å². The number of alkyl carbamates (subject to hydrolysis) is 1. The van der Waals surface area contributed by atoms with E-state index >= 15 is 0 Å². The molecule has 7 heteroatoms. The highest BCUT2D eigenvalue weighted by molar-refractivity contribution is 5.85. The average Bonchev–Trinajstić information content (AvgIpc) is 2.61. The van der Waals surface area contributed by atoms with E-state index in [0.29, 0.717) is 26.2 Å². The van der Waals surface area contributed by atoms with Crippen molar-refractivity contribution in [3.63, 3.8) is 0 Å². The molecule has 1 atom stereocenters. The summed E-state index contributed by atoms with van der Waals surface area (Å²) in [6, 6.07) is 8.64. The third-order valence-corrected chi connectivity index (χ3v) is 3.32. The SMILES string of the molecule is CCOC(CCNC(=O)C(C)NC(=O)OCc1ccccc1)OCC. The molecule has 0 aliphatic rings. The van der Waals surface area contributed by atoms with Crippen molar-refractivity contribution < 1.29 is 23.8 Å². The van der Waals surface area contributed by atoms with Crippen molar-refractivity contribution in [1.29, 1.82) is 0 Å². The third kappa shape index (κ3) is 9.07. The lowest BCUT2D eigenvalue weighted by molar-refractivity contribution is -0.140. The lowest BCUT2D eigenvalue weighted by Crippen LogP contribution is -2.45. The molecule has 0 fully saturated rings. The van der Waals surface area contributed by atoms with Gasteiger partial charge in [0.2, 0.25) is 5.91 Å². The Hall–Kier alpha value is -2.12. The quantitative estimate of drug-likeness (QED) is 0.596. The molecule has 7 nitrogen and oxygen atoms in total. The van der Waals surface area contributed by atoms with Crippen LogP contribution in [0, 0.1) is 0 Å². The monoisotopic (exact) mass is 352 g/mol. The summed E-state index contributed by atoms with van der Waals surface area (Å²) in [6.07, 6.45) is -0.430. The molecule has 0 radical (unpaired) electrons. The first-order valence-electron chi connectivity index (χ1n) is 8.54. The van der Waals surface area contributed by atoms with E-state index in [-0.39, 0.29) is 18.8 Å². The first kappa shape index (κ1) is 20.9. The summed E-state index contributed by atoms with van der Waals surface area (Å²) >= 11 is 0. The zero-order valence-corrected chi connectivity index (χ0v) is 15.1. The van der Waals surface area contributed by atoms with Gasteiger partial charge in [0, 0.05) is 26.2 Å². The third-order valence-electron chi connectivity index (χ3n) is 3.32. The van der Waals surface area contributed by atoms with Gasteiger partial charge in [0.1, 0.15) is 12.6 Å². The molecule has 0 saturated heterocycles. The molecule has 0 spiro atoms. The summed E-state index contributed by atoms with van der Waals surface area (Å²) in [5, 5.41) is 5.24. The van der Waals surface area contributed by atoms with Gasteiger partial charge in [0.15, 0.2) is 6.29 Å². The first-order valence-corrected chi connectivity index (χ1v) is 8.54. The van der Waals surface area contributed by atoms with E-state index in [1.807, 2.05) is 44.2 Å². The normalized spacial score (nSPS) is 11.8. The van der Waals surface area contributed by atoms with Crippen molar-refractivity contribution >= 4 is 12.0 Å². The van der Waals surface area contributed by atoms with Gasteiger partial charge in [0.05, 0.1) is 0 Å². The first-order chi connectivity index (χ1) is 12.1. The molecule has 2 amide bonds. The van der Waals surface area contributed by atoms with Crippen LogP contribution in [0.5, 0.6) is 0 Å². The molecule has 0 saturated carbocycles. The highest BCUT2D eigenvalue weighted by atomic mass is 16.7. The molecular weight excluding hydrogens is 324 g/mol. The Kier molecular flexibility index (Phi) is 10.3. The van der Waals surface area contributed by atoms with E-state index in [9.17, 15) is 9.59 Å². The van der Waals surface area contributed by atoms with Gasteiger partial charge in [-0.05, 0) is 26.3 Å². The predicted octanol–water partition coefficient (Wildman–Crippen LogP) is 2.21. The second kappa shape index (κ2) is 12.3. The lowest BCUT2D eigenvalue weighted by atomic mass is 10.2. The van der Waals surface area contributed by atoms with E-state index < -0.39 is 12.1 Å². The summed E-state index contributed by atoms with van der Waals surface area (Å²) in [4.78, 5) is 23.7. The van der Waals surface area contributed by atoms with Crippen LogP contribution in [0.1, 0.15) is 32.8 Å². The summed E-state index contributed by atoms with van der Waals surface area (Å²) in [5.74, 6) is -0.289. The number of carbonyl (C=O) groups is 2. The summed E-state index contributed by atoms with van der Waals surface area (Å²) < 4.78 is 15.9. The van der Waals surface area contributed by atoms with Gasteiger partial charge in [-0.2, -0.15) is 0 Å². The summed E-state index contributed by atoms with van der Waals surface area (Å²) in [5.41, 5.74) is 0.882. The van der Waals surface area contributed by atoms with Gasteiger partial charge in [-0.15, -0.1) is 0 Å². The van der Waals surface area contributed by atoms with Crippen LogP contribution in [-0.2, 0) is 25.6 Å². The number of hydrogen-bond acceptors (Lipinski definition) is 5. The minimum Gasteiger partial charge on any atom is -0.445 e. The van der Waals surface area contributed by atoms with E-state index in [1.165, 1.54) is 0 Å². The molecule has 0 aliphatic carbocycles. The van der Waals surface area contributed by atoms with Crippen LogP contribution in [0.2, 0.25) is 0 Å². The second-order valence-corrected chi connectivity index (χ2v) is 5.35. The van der Waals surface area contributed by atoms with E-state index in [2.05, 4.69) is 10.6 Å². The lowest BCUT2D eigenvalue weighted by Gasteiger charge is -2.18. The number of rotatable bonds is 11. The Morgan fingerprint density at radius 3 is 2.32 bits per heavy atom. The molecular formula is C18H28N2O5. The Morgan fingerprint density at radius 2 is 1.72 bits per heavy atom. The standard InChI is InChI=1S/C18H28N2O5/c1-4-23-16(24-5-2)11-12-19-17(21)14(3)20-18(22)25-13-15-9-7-6-8-10-15/h6-10,14,16H,4-5,11-13H2,1-3H3,(H,19,21)(H,20,22). The van der Waals surface area contributed by atoms with Gasteiger partial charge in [-0.25, -0.2) is 4.79 Å². The van der Waals surface area contributed by atoms with Crippen LogP contribution >= 0.6 is 0 Å². The Balaban J connectivity index is 2.25. The van der Waals surface area contributed by atoms with Crippen molar-refractivity contribution in [3.8, 4) is 0 Å². The number of hydrogen-bond donors (Lipinski definition) is 2. The molecule has 1 aromatic carbocycles. The average molecular weight is 352 g/mol. The van der Waals surface area contributed by atoms with Gasteiger partial charge < -0.3 is 24.8 Å². The number of carbonyl (C=O) groups excluding carboxylic acids is 2. The van der Waals surface area contributed by atoms with Crippen molar-refractivity contribution in [1.82, 2.24) is 10.6 Å². The highest BCUT2D eigenvalue weighted by Crippen LogP contribution is 2.01. The van der Waals surface area contributed by atoms with Crippen LogP contribution in [0.3, 0.4) is 0 Å². The van der Waals surface area contributed by atoms with Gasteiger partial charge >= 0.3 is 6.09 Å². The van der Waals surface area contributed by atoms with Gasteiger partial charge in [0.25, 0.3) is 0 Å². The van der Waals surface area contributed by atoms with E-state index in [4.69, 9.17) is 14.2 Å². The minimum absolute atomic E-state index is 0.158. The maximum absolute atomic E-state index is 12.0. The van der Waals surface area contributed by atoms with Crippen molar-refractivity contribution in [3.05, 3.63) is 35.9 Å². The molecule has 2 N–H and O–H groups in total. The maximum Gasteiger partial charge on any atom is 0.408 e. The van der Waals surface area contributed by atoms with Crippen molar-refractivity contribution in [2.45, 2.75) is 46.1 Å². The molecule has 25 heavy (non-hydrogen) atoms. The topological polar surface area (TPSA) is 85.9 Å². The smallest absolute Gasteiger partial charge is 0.408 e. The van der Waals surface area contributed by atoms with E-state index in [0.717, 1.165) is 5.56 Å². The fourth-order valence-electron chi connectivity index (χ4n) is 2.06. The number of nitrogens with one attached hydrogen (secondary N) is 2. The predicted molar refractivity (Wildman–Crippen MR) is 93.9 cm³/mol. The van der Waals surface area contributed by atoms with Crippen molar-refractivity contribution in [2.24, 2.45) is 0 Å². The van der Waals surface area contributed by atoms with Crippen LogP contribution in [0.25, 0.3) is 0 Å². The van der Waals surface area contributed by atoms with Gasteiger partial charge in [-0.3, -0.25) is 4.79 Å². The molecule has 1 unspecified atom stereocenters. The molecule has 0 aliphatic heterocycles. The minimum atomic E-state index is -0.694. The van der Waals surface area contributed by atoms with Crippen LogP contribution in [-0.4, -0.2) is 44.1 Å². The molecule has 0 bridgehead atoms. The molecule has 0 heterocycles. The van der Waals surface area contributed by atoms with E-state index in [1.54, 1.807) is 6.92 Å². The zero-order chi connectivity index (χ0) is 18.5. The second-order valence-electron chi connectivity index (χ2n) is 5.35. The Bertz CT molecular complexity index is 503. The van der Waals surface area contributed by atoms with Crippen LogP contribution < -0.4 is 10.6 Å². The molecule has 140 valence electrons. The Labute approximate surface area is 149 Å². The fraction of sp³-hybridized carbons (Fsp3) is 0.556. The number of ether oxygens (including phenoxy) is 3. The number of amides is 2. The molecule has 1 aromatic rings. The molecule has 1 rings (SSSR count).